The third-order valence-electron chi connectivity index (χ3n) is 6.02. The first-order chi connectivity index (χ1) is 12.1. The summed E-state index contributed by atoms with van der Waals surface area (Å²) in [7, 11) is 3.25. The van der Waals surface area contributed by atoms with Crippen LogP contribution in [0.1, 0.15) is 52.4 Å². The summed E-state index contributed by atoms with van der Waals surface area (Å²) in [4.78, 5) is 20.0. The highest BCUT2D eigenvalue weighted by molar-refractivity contribution is 5.79. The molecule has 146 valence electrons. The van der Waals surface area contributed by atoms with Crippen LogP contribution in [0.5, 0.6) is 0 Å². The molecule has 3 rings (SSSR count). The smallest absolute Gasteiger partial charge is 0.227 e. The van der Waals surface area contributed by atoms with Crippen LogP contribution in [0.4, 0.5) is 0 Å². The van der Waals surface area contributed by atoms with Gasteiger partial charge in [0.15, 0.2) is 0 Å². The molecule has 2 heterocycles. The van der Waals surface area contributed by atoms with Crippen LogP contribution in [0.2, 0.25) is 0 Å². The summed E-state index contributed by atoms with van der Waals surface area (Å²) >= 11 is 0. The molecule has 0 spiro atoms. The van der Waals surface area contributed by atoms with Gasteiger partial charge in [-0.15, -0.1) is 0 Å². The largest absolute Gasteiger partial charge is 0.388 e. The topological polar surface area (TPSA) is 36.0 Å². The molecule has 2 aliphatic heterocycles. The summed E-state index contributed by atoms with van der Waals surface area (Å²) in [5, 5.41) is 0. The molecule has 1 amide bonds. The minimum atomic E-state index is 0.253. The molecule has 3 aliphatic rings. The van der Waals surface area contributed by atoms with Gasteiger partial charge in [0.2, 0.25) is 5.91 Å². The number of ether oxygens (including phenoxy) is 1. The highest BCUT2D eigenvalue weighted by Crippen LogP contribution is 2.25. The second-order valence-electron chi connectivity index (χ2n) is 8.14. The normalized spacial score (nSPS) is 26.6. The maximum atomic E-state index is 12.7. The fourth-order valence-corrected chi connectivity index (χ4v) is 4.47. The molecule has 0 bridgehead atoms. The highest BCUT2D eigenvalue weighted by atomic mass is 16.4. The number of methoxy groups -OCH3 is 1. The molecule has 5 nitrogen and oxygen atoms in total. The highest BCUT2D eigenvalue weighted by Gasteiger charge is 2.34. The molecule has 0 aromatic carbocycles. The van der Waals surface area contributed by atoms with Crippen molar-refractivity contribution in [2.45, 2.75) is 64.5 Å². The second kappa shape index (κ2) is 10.5. The van der Waals surface area contributed by atoms with Crippen LogP contribution in [0.3, 0.4) is 0 Å². The van der Waals surface area contributed by atoms with Crippen LogP contribution in [-0.4, -0.2) is 86.2 Å². The van der Waals surface area contributed by atoms with Crippen LogP contribution < -0.4 is 0 Å². The average Bonchev–Trinajstić information content (AvgIpc) is 3.13. The van der Waals surface area contributed by atoms with E-state index >= 15 is 0 Å². The monoisotopic (exact) mass is 353 g/mol. The number of likely N-dealkylation sites (tertiary alicyclic amines) is 1. The van der Waals surface area contributed by atoms with Gasteiger partial charge in [-0.1, -0.05) is 19.3 Å². The van der Waals surface area contributed by atoms with E-state index in [1.807, 2.05) is 0 Å². The Bertz CT molecular complexity index is 388. The first-order valence-corrected chi connectivity index (χ1v) is 10.2. The molecule has 2 saturated heterocycles. The number of carbonyl (C=O) groups is 1. The minimum Gasteiger partial charge on any atom is -0.388 e. The van der Waals surface area contributed by atoms with E-state index in [1.54, 1.807) is 14.2 Å². The van der Waals surface area contributed by atoms with Crippen LogP contribution in [0.25, 0.3) is 0 Å². The molecule has 0 radical (unpaired) electrons. The number of nitrogens with zero attached hydrogens (tertiary/aromatic N) is 3. The lowest BCUT2D eigenvalue weighted by atomic mass is 9.93. The van der Waals surface area contributed by atoms with E-state index in [0.717, 1.165) is 51.7 Å². The third-order valence-corrected chi connectivity index (χ3v) is 6.02. The van der Waals surface area contributed by atoms with E-state index in [1.165, 1.54) is 32.1 Å². The molecule has 3 fully saturated rings. The van der Waals surface area contributed by atoms with E-state index in [2.05, 4.69) is 33.3 Å². The number of rotatable bonds is 3. The van der Waals surface area contributed by atoms with Crippen molar-refractivity contribution >= 4 is 5.91 Å². The summed E-state index contributed by atoms with van der Waals surface area (Å²) in [6, 6.07) is 1.37. The lowest BCUT2D eigenvalue weighted by Gasteiger charge is -2.41. The van der Waals surface area contributed by atoms with E-state index in [0.29, 0.717) is 11.9 Å². The Morgan fingerprint density at radius 1 is 0.920 bits per heavy atom. The summed E-state index contributed by atoms with van der Waals surface area (Å²) in [6.45, 7) is 10.6. The zero-order chi connectivity index (χ0) is 18.2. The SMILES string of the molecule is CC(C)N1CCC(C(=O)N2CCN(C3CCCCC3)CC2)C1.COC. The molecular weight excluding hydrogens is 314 g/mol. The van der Waals surface area contributed by atoms with Crippen LogP contribution in [-0.2, 0) is 9.53 Å². The van der Waals surface area contributed by atoms with Gasteiger partial charge in [-0.25, -0.2) is 0 Å². The molecule has 1 unspecified atom stereocenters. The third kappa shape index (κ3) is 5.93. The zero-order valence-corrected chi connectivity index (χ0v) is 16.9. The van der Waals surface area contributed by atoms with Crippen LogP contribution in [0.15, 0.2) is 0 Å². The maximum Gasteiger partial charge on any atom is 0.227 e. The number of hydrogen-bond acceptors (Lipinski definition) is 4. The van der Waals surface area contributed by atoms with Crippen molar-refractivity contribution < 1.29 is 9.53 Å². The predicted molar refractivity (Wildman–Crippen MR) is 103 cm³/mol. The summed E-state index contributed by atoms with van der Waals surface area (Å²) < 4.78 is 4.25. The van der Waals surface area contributed by atoms with Crippen LogP contribution >= 0.6 is 0 Å². The van der Waals surface area contributed by atoms with Crippen LogP contribution in [0, 0.1) is 5.92 Å². The fraction of sp³-hybridized carbons (Fsp3) is 0.950. The van der Waals surface area contributed by atoms with Crippen molar-refractivity contribution in [1.82, 2.24) is 14.7 Å². The number of carbonyl (C=O) groups excluding carboxylic acids is 1. The molecule has 1 aliphatic carbocycles. The zero-order valence-electron chi connectivity index (χ0n) is 16.9. The van der Waals surface area contributed by atoms with Gasteiger partial charge < -0.3 is 14.5 Å². The second-order valence-corrected chi connectivity index (χ2v) is 8.14. The van der Waals surface area contributed by atoms with E-state index in [-0.39, 0.29) is 5.92 Å². The van der Waals surface area contributed by atoms with Crippen molar-refractivity contribution in [3.8, 4) is 0 Å². The Morgan fingerprint density at radius 3 is 2.04 bits per heavy atom. The first-order valence-electron chi connectivity index (χ1n) is 10.2. The van der Waals surface area contributed by atoms with E-state index in [9.17, 15) is 4.79 Å². The summed E-state index contributed by atoms with van der Waals surface area (Å²) in [5.41, 5.74) is 0. The Kier molecular flexibility index (Phi) is 8.67. The minimum absolute atomic E-state index is 0.253. The van der Waals surface area contributed by atoms with Crippen molar-refractivity contribution in [1.29, 1.82) is 0 Å². The van der Waals surface area contributed by atoms with Gasteiger partial charge >= 0.3 is 0 Å². The lowest BCUT2D eigenvalue weighted by molar-refractivity contribution is -0.137. The Hall–Kier alpha value is -0.650. The van der Waals surface area contributed by atoms with Gasteiger partial charge in [-0.3, -0.25) is 9.69 Å². The number of amides is 1. The molecule has 5 heteroatoms. The van der Waals surface area contributed by atoms with Crippen molar-refractivity contribution in [2.75, 3.05) is 53.5 Å². The van der Waals surface area contributed by atoms with Crippen molar-refractivity contribution in [3.05, 3.63) is 0 Å². The maximum absolute atomic E-state index is 12.7. The quantitative estimate of drug-likeness (QED) is 0.781. The molecule has 0 aromatic rings. The standard InChI is InChI=1S/C18H33N3O.C2H6O/c1-15(2)21-9-8-16(14-21)18(22)20-12-10-19(11-13-20)17-6-4-3-5-7-17;1-3-2/h15-17H,3-14H2,1-2H3;1-2H3. The van der Waals surface area contributed by atoms with E-state index in [4.69, 9.17) is 0 Å². The molecular formula is C20H39N3O2. The summed E-state index contributed by atoms with van der Waals surface area (Å²) in [6.07, 6.45) is 8.02. The van der Waals surface area contributed by atoms with Gasteiger partial charge in [-0.05, 0) is 39.7 Å². The fourth-order valence-electron chi connectivity index (χ4n) is 4.47. The summed E-state index contributed by atoms with van der Waals surface area (Å²) in [5.74, 6) is 0.676. The van der Waals surface area contributed by atoms with Gasteiger partial charge in [-0.2, -0.15) is 0 Å². The van der Waals surface area contributed by atoms with E-state index < -0.39 is 0 Å². The molecule has 0 N–H and O–H groups in total. The molecule has 1 atom stereocenters. The average molecular weight is 354 g/mol. The molecule has 0 aromatic heterocycles. The first kappa shape index (κ1) is 20.7. The Morgan fingerprint density at radius 2 is 1.52 bits per heavy atom. The number of piperazine rings is 1. The van der Waals surface area contributed by atoms with Crippen molar-refractivity contribution in [2.24, 2.45) is 5.92 Å². The van der Waals surface area contributed by atoms with Crippen molar-refractivity contribution in [3.63, 3.8) is 0 Å². The lowest BCUT2D eigenvalue weighted by Crippen LogP contribution is -2.53. The predicted octanol–water partition coefficient (Wildman–Crippen LogP) is 2.46. The van der Waals surface area contributed by atoms with Gasteiger partial charge in [0, 0.05) is 59.0 Å². The number of hydrogen-bond donors (Lipinski definition) is 0. The van der Waals surface area contributed by atoms with Gasteiger partial charge in [0.05, 0.1) is 5.92 Å². The Labute approximate surface area is 154 Å². The van der Waals surface area contributed by atoms with Gasteiger partial charge in [0.1, 0.15) is 0 Å². The Balaban J connectivity index is 0.000000701. The van der Waals surface area contributed by atoms with Gasteiger partial charge in [0.25, 0.3) is 0 Å². The molecule has 25 heavy (non-hydrogen) atoms. The molecule has 1 saturated carbocycles.